The van der Waals surface area contributed by atoms with Gasteiger partial charge in [-0.1, -0.05) is 6.07 Å². The zero-order valence-electron chi connectivity index (χ0n) is 11.8. The third-order valence-electron chi connectivity index (χ3n) is 3.32. The van der Waals surface area contributed by atoms with Crippen LogP contribution in [0.1, 0.15) is 29.2 Å². The molecule has 0 saturated carbocycles. The van der Waals surface area contributed by atoms with Crippen molar-refractivity contribution in [3.8, 4) is 0 Å². The monoisotopic (exact) mass is 278 g/mol. The predicted molar refractivity (Wildman–Crippen MR) is 80.5 cm³/mol. The van der Waals surface area contributed by atoms with Gasteiger partial charge >= 0.3 is 0 Å². The minimum absolute atomic E-state index is 0.434. The fourth-order valence-corrected chi connectivity index (χ4v) is 2.81. The van der Waals surface area contributed by atoms with Crippen LogP contribution in [0.2, 0.25) is 0 Å². The first-order chi connectivity index (χ1) is 9.16. The SMILES string of the molecule is Cc1occc1CN(C)CCNC(C)c1cccs1. The molecule has 0 bridgehead atoms. The van der Waals surface area contributed by atoms with E-state index in [2.05, 4.69) is 41.7 Å². The van der Waals surface area contributed by atoms with Crippen LogP contribution in [0.4, 0.5) is 0 Å². The summed E-state index contributed by atoms with van der Waals surface area (Å²) in [5.41, 5.74) is 1.27. The van der Waals surface area contributed by atoms with E-state index in [-0.39, 0.29) is 0 Å². The van der Waals surface area contributed by atoms with Crippen LogP contribution in [-0.4, -0.2) is 25.0 Å². The van der Waals surface area contributed by atoms with Gasteiger partial charge in [0.05, 0.1) is 6.26 Å². The van der Waals surface area contributed by atoms with Crippen LogP contribution >= 0.6 is 11.3 Å². The molecule has 2 aromatic rings. The van der Waals surface area contributed by atoms with Gasteiger partial charge in [0.2, 0.25) is 0 Å². The van der Waals surface area contributed by atoms with Crippen molar-refractivity contribution in [3.63, 3.8) is 0 Å². The van der Waals surface area contributed by atoms with Gasteiger partial charge in [-0.15, -0.1) is 11.3 Å². The molecule has 0 saturated heterocycles. The second-order valence-corrected chi connectivity index (χ2v) is 5.91. The van der Waals surface area contributed by atoms with Crippen LogP contribution in [0, 0.1) is 6.92 Å². The lowest BCUT2D eigenvalue weighted by Crippen LogP contribution is -2.30. The first-order valence-electron chi connectivity index (χ1n) is 6.65. The minimum atomic E-state index is 0.434. The van der Waals surface area contributed by atoms with Gasteiger partial charge in [0.15, 0.2) is 0 Å². The topological polar surface area (TPSA) is 28.4 Å². The van der Waals surface area contributed by atoms with Gasteiger partial charge < -0.3 is 14.6 Å². The standard InChI is InChI=1S/C15H22N2OS/c1-12(15-5-4-10-19-15)16-7-8-17(3)11-14-6-9-18-13(14)2/h4-6,9-10,12,16H,7-8,11H2,1-3H3. The molecule has 2 heterocycles. The van der Waals surface area contributed by atoms with E-state index < -0.39 is 0 Å². The summed E-state index contributed by atoms with van der Waals surface area (Å²) < 4.78 is 5.32. The van der Waals surface area contributed by atoms with Crippen LogP contribution in [0.5, 0.6) is 0 Å². The Morgan fingerprint density at radius 3 is 2.89 bits per heavy atom. The van der Waals surface area contributed by atoms with E-state index in [0.717, 1.165) is 25.4 Å². The van der Waals surface area contributed by atoms with Crippen molar-refractivity contribution in [2.45, 2.75) is 26.4 Å². The Kier molecular flexibility index (Phi) is 5.19. The van der Waals surface area contributed by atoms with Crippen LogP contribution < -0.4 is 5.32 Å². The Hall–Kier alpha value is -1.10. The highest BCUT2D eigenvalue weighted by Gasteiger charge is 2.07. The second-order valence-electron chi connectivity index (χ2n) is 4.93. The van der Waals surface area contributed by atoms with E-state index in [1.54, 1.807) is 6.26 Å². The third kappa shape index (κ3) is 4.20. The molecular formula is C15H22N2OS. The molecule has 0 aliphatic carbocycles. The number of furan rings is 1. The summed E-state index contributed by atoms with van der Waals surface area (Å²) >= 11 is 1.81. The molecular weight excluding hydrogens is 256 g/mol. The van der Waals surface area contributed by atoms with Crippen molar-refractivity contribution >= 4 is 11.3 Å². The van der Waals surface area contributed by atoms with Crippen LogP contribution in [-0.2, 0) is 6.54 Å². The molecule has 0 aliphatic heterocycles. The average Bonchev–Trinajstić information content (AvgIpc) is 3.02. The maximum atomic E-state index is 5.32. The van der Waals surface area contributed by atoms with E-state index in [1.165, 1.54) is 10.4 Å². The second kappa shape index (κ2) is 6.89. The fraction of sp³-hybridized carbons (Fsp3) is 0.467. The average molecular weight is 278 g/mol. The summed E-state index contributed by atoms with van der Waals surface area (Å²) in [5.74, 6) is 1.02. The van der Waals surface area contributed by atoms with Gasteiger partial charge in [-0.25, -0.2) is 0 Å². The van der Waals surface area contributed by atoms with Crippen molar-refractivity contribution < 1.29 is 4.42 Å². The number of rotatable bonds is 7. The van der Waals surface area contributed by atoms with Gasteiger partial charge in [-0.2, -0.15) is 0 Å². The maximum absolute atomic E-state index is 5.32. The number of aryl methyl sites for hydroxylation is 1. The Labute approximate surface area is 119 Å². The zero-order chi connectivity index (χ0) is 13.7. The van der Waals surface area contributed by atoms with Crippen molar-refractivity contribution in [2.24, 2.45) is 0 Å². The Bertz CT molecular complexity index is 478. The van der Waals surface area contributed by atoms with Crippen molar-refractivity contribution in [1.29, 1.82) is 0 Å². The molecule has 0 aliphatic rings. The molecule has 1 N–H and O–H groups in total. The summed E-state index contributed by atoms with van der Waals surface area (Å²) in [7, 11) is 2.14. The molecule has 0 amide bonds. The van der Waals surface area contributed by atoms with Gasteiger partial charge in [0.1, 0.15) is 5.76 Å². The van der Waals surface area contributed by atoms with E-state index in [4.69, 9.17) is 4.42 Å². The van der Waals surface area contributed by atoms with Gasteiger partial charge in [0, 0.05) is 36.1 Å². The summed E-state index contributed by atoms with van der Waals surface area (Å²) in [6, 6.07) is 6.77. The number of thiophene rings is 1. The molecule has 0 fully saturated rings. The number of hydrogen-bond donors (Lipinski definition) is 1. The molecule has 3 nitrogen and oxygen atoms in total. The summed E-state index contributed by atoms with van der Waals surface area (Å²) in [6.45, 7) is 7.19. The molecule has 104 valence electrons. The molecule has 2 aromatic heterocycles. The summed E-state index contributed by atoms with van der Waals surface area (Å²) in [4.78, 5) is 3.71. The highest BCUT2D eigenvalue weighted by Crippen LogP contribution is 2.17. The minimum Gasteiger partial charge on any atom is -0.469 e. The van der Waals surface area contributed by atoms with E-state index in [9.17, 15) is 0 Å². The number of hydrogen-bond acceptors (Lipinski definition) is 4. The zero-order valence-corrected chi connectivity index (χ0v) is 12.7. The largest absolute Gasteiger partial charge is 0.469 e. The smallest absolute Gasteiger partial charge is 0.105 e. The van der Waals surface area contributed by atoms with Gasteiger partial charge in [0.25, 0.3) is 0 Å². The number of nitrogens with zero attached hydrogens (tertiary/aromatic N) is 1. The lowest BCUT2D eigenvalue weighted by atomic mass is 10.2. The van der Waals surface area contributed by atoms with Crippen LogP contribution in [0.15, 0.2) is 34.3 Å². The van der Waals surface area contributed by atoms with E-state index in [1.807, 2.05) is 24.3 Å². The predicted octanol–water partition coefficient (Wildman–Crippen LogP) is 3.43. The van der Waals surface area contributed by atoms with E-state index in [0.29, 0.717) is 6.04 Å². The Morgan fingerprint density at radius 1 is 1.42 bits per heavy atom. The number of nitrogens with one attached hydrogen (secondary N) is 1. The summed E-state index contributed by atoms with van der Waals surface area (Å²) in [6.07, 6.45) is 1.76. The number of likely N-dealkylation sites (N-methyl/N-ethyl adjacent to an activating group) is 1. The van der Waals surface area contributed by atoms with Crippen molar-refractivity contribution in [2.75, 3.05) is 20.1 Å². The van der Waals surface area contributed by atoms with Crippen molar-refractivity contribution in [3.05, 3.63) is 46.0 Å². The normalized spacial score (nSPS) is 13.1. The first-order valence-corrected chi connectivity index (χ1v) is 7.53. The molecule has 0 radical (unpaired) electrons. The third-order valence-corrected chi connectivity index (χ3v) is 4.38. The fourth-order valence-electron chi connectivity index (χ4n) is 2.06. The summed E-state index contributed by atoms with van der Waals surface area (Å²) in [5, 5.41) is 5.68. The quantitative estimate of drug-likeness (QED) is 0.841. The van der Waals surface area contributed by atoms with Gasteiger partial charge in [-0.05, 0) is 38.4 Å². The van der Waals surface area contributed by atoms with Gasteiger partial charge in [-0.3, -0.25) is 0 Å². The highest BCUT2D eigenvalue weighted by atomic mass is 32.1. The Balaban J connectivity index is 1.69. The van der Waals surface area contributed by atoms with Crippen LogP contribution in [0.3, 0.4) is 0 Å². The van der Waals surface area contributed by atoms with E-state index >= 15 is 0 Å². The first kappa shape index (κ1) is 14.3. The molecule has 2 rings (SSSR count). The molecule has 0 aromatic carbocycles. The maximum Gasteiger partial charge on any atom is 0.105 e. The molecule has 19 heavy (non-hydrogen) atoms. The lowest BCUT2D eigenvalue weighted by Gasteiger charge is -2.18. The molecule has 1 atom stereocenters. The highest BCUT2D eigenvalue weighted by molar-refractivity contribution is 7.10. The lowest BCUT2D eigenvalue weighted by molar-refractivity contribution is 0.317. The molecule has 1 unspecified atom stereocenters. The van der Waals surface area contributed by atoms with Crippen molar-refractivity contribution in [1.82, 2.24) is 10.2 Å². The van der Waals surface area contributed by atoms with Crippen LogP contribution in [0.25, 0.3) is 0 Å². The molecule has 4 heteroatoms. The Morgan fingerprint density at radius 2 is 2.26 bits per heavy atom. The molecule has 0 spiro atoms.